The van der Waals surface area contributed by atoms with Crippen molar-refractivity contribution in [1.82, 2.24) is 4.98 Å². The molecule has 98 valence electrons. The third-order valence-corrected chi connectivity index (χ3v) is 3.04. The molecule has 0 atom stereocenters. The molecular formula is C15H17N3O. The van der Waals surface area contributed by atoms with Gasteiger partial charge in [0.05, 0.1) is 5.56 Å². The molecule has 0 radical (unpaired) electrons. The highest BCUT2D eigenvalue weighted by molar-refractivity contribution is 6.08. The minimum Gasteiger partial charge on any atom is -0.383 e. The fourth-order valence-corrected chi connectivity index (χ4v) is 1.89. The molecule has 1 amide bonds. The number of rotatable bonds is 3. The number of anilines is 2. The first kappa shape index (κ1) is 13.1. The second-order valence-electron chi connectivity index (χ2n) is 4.39. The van der Waals surface area contributed by atoms with Crippen molar-refractivity contribution in [2.75, 3.05) is 11.1 Å². The molecular weight excluding hydrogens is 238 g/mol. The van der Waals surface area contributed by atoms with Gasteiger partial charge in [-0.15, -0.1) is 0 Å². The summed E-state index contributed by atoms with van der Waals surface area (Å²) >= 11 is 0. The van der Waals surface area contributed by atoms with Crippen LogP contribution in [0.15, 0.2) is 36.5 Å². The fourth-order valence-electron chi connectivity index (χ4n) is 1.89. The Bertz CT molecular complexity index is 571. The Hall–Kier alpha value is -2.36. The molecule has 2 aromatic rings. The van der Waals surface area contributed by atoms with E-state index in [9.17, 15) is 4.79 Å². The number of nitrogens with one attached hydrogen (secondary N) is 1. The van der Waals surface area contributed by atoms with Gasteiger partial charge in [0.2, 0.25) is 0 Å². The maximum Gasteiger partial charge on any atom is 0.259 e. The predicted octanol–water partition coefficient (Wildman–Crippen LogP) is 2.79. The minimum atomic E-state index is -0.229. The minimum absolute atomic E-state index is 0.229. The summed E-state index contributed by atoms with van der Waals surface area (Å²) in [6.07, 6.45) is 2.57. The number of benzene rings is 1. The van der Waals surface area contributed by atoms with Crippen LogP contribution in [-0.4, -0.2) is 10.9 Å². The van der Waals surface area contributed by atoms with Crippen LogP contribution in [0.2, 0.25) is 0 Å². The molecule has 1 aromatic heterocycles. The lowest BCUT2D eigenvalue weighted by molar-refractivity contribution is 0.102. The fraction of sp³-hybridized carbons (Fsp3) is 0.200. The van der Waals surface area contributed by atoms with E-state index in [1.165, 1.54) is 5.56 Å². The molecule has 0 unspecified atom stereocenters. The van der Waals surface area contributed by atoms with Gasteiger partial charge in [0, 0.05) is 11.9 Å². The molecule has 0 aliphatic carbocycles. The Labute approximate surface area is 112 Å². The van der Waals surface area contributed by atoms with Gasteiger partial charge in [-0.3, -0.25) is 4.79 Å². The van der Waals surface area contributed by atoms with Crippen molar-refractivity contribution in [3.63, 3.8) is 0 Å². The third-order valence-electron chi connectivity index (χ3n) is 3.04. The molecule has 0 spiro atoms. The Morgan fingerprint density at radius 2 is 1.95 bits per heavy atom. The van der Waals surface area contributed by atoms with Gasteiger partial charge in [-0.05, 0) is 42.7 Å². The highest BCUT2D eigenvalue weighted by Gasteiger charge is 2.13. The molecule has 1 heterocycles. The first-order valence-corrected chi connectivity index (χ1v) is 6.23. The van der Waals surface area contributed by atoms with E-state index < -0.39 is 0 Å². The summed E-state index contributed by atoms with van der Waals surface area (Å²) in [5.74, 6) is 0.0232. The van der Waals surface area contributed by atoms with Crippen molar-refractivity contribution < 1.29 is 4.79 Å². The summed E-state index contributed by atoms with van der Waals surface area (Å²) in [5.41, 5.74) is 8.98. The van der Waals surface area contributed by atoms with Gasteiger partial charge in [0.1, 0.15) is 5.82 Å². The number of nitrogen functional groups attached to an aromatic ring is 1. The van der Waals surface area contributed by atoms with Crippen LogP contribution in [0.25, 0.3) is 0 Å². The summed E-state index contributed by atoms with van der Waals surface area (Å²) in [5, 5.41) is 2.83. The van der Waals surface area contributed by atoms with E-state index in [1.54, 1.807) is 12.3 Å². The van der Waals surface area contributed by atoms with Gasteiger partial charge in [0.15, 0.2) is 0 Å². The van der Waals surface area contributed by atoms with Crippen molar-refractivity contribution in [1.29, 1.82) is 0 Å². The Morgan fingerprint density at radius 3 is 2.53 bits per heavy atom. The van der Waals surface area contributed by atoms with Crippen LogP contribution in [0.4, 0.5) is 11.5 Å². The Kier molecular flexibility index (Phi) is 3.80. The largest absolute Gasteiger partial charge is 0.383 e. The highest BCUT2D eigenvalue weighted by Crippen LogP contribution is 2.17. The van der Waals surface area contributed by atoms with Gasteiger partial charge in [-0.1, -0.05) is 19.1 Å². The van der Waals surface area contributed by atoms with Crippen LogP contribution in [0, 0.1) is 6.92 Å². The number of pyridine rings is 1. The van der Waals surface area contributed by atoms with Crippen molar-refractivity contribution in [2.45, 2.75) is 20.3 Å². The monoisotopic (exact) mass is 255 g/mol. The number of hydrogen-bond donors (Lipinski definition) is 2. The molecule has 4 nitrogen and oxygen atoms in total. The molecule has 0 bridgehead atoms. The number of hydrogen-bond acceptors (Lipinski definition) is 3. The first-order valence-electron chi connectivity index (χ1n) is 6.23. The number of amides is 1. The number of aryl methyl sites for hydroxylation is 2. The van der Waals surface area contributed by atoms with Crippen LogP contribution >= 0.6 is 0 Å². The SMILES string of the molecule is CCc1ccc(NC(=O)c2c(C)ccnc2N)cc1. The van der Waals surface area contributed by atoms with Crippen molar-refractivity contribution >= 4 is 17.4 Å². The second-order valence-corrected chi connectivity index (χ2v) is 4.39. The lowest BCUT2D eigenvalue weighted by Gasteiger charge is -2.09. The molecule has 3 N–H and O–H groups in total. The Morgan fingerprint density at radius 1 is 1.26 bits per heavy atom. The molecule has 0 fully saturated rings. The predicted molar refractivity (Wildman–Crippen MR) is 77.2 cm³/mol. The standard InChI is InChI=1S/C15H17N3O/c1-3-11-4-6-12(7-5-11)18-15(19)13-10(2)8-9-17-14(13)16/h4-9H,3H2,1-2H3,(H2,16,17)(H,18,19). The number of carbonyl (C=O) groups excluding carboxylic acids is 1. The second kappa shape index (κ2) is 5.52. The van der Waals surface area contributed by atoms with Crippen molar-refractivity contribution in [2.24, 2.45) is 0 Å². The van der Waals surface area contributed by atoms with Crippen LogP contribution < -0.4 is 11.1 Å². The van der Waals surface area contributed by atoms with E-state index in [1.807, 2.05) is 31.2 Å². The number of nitrogens with two attached hydrogens (primary N) is 1. The van der Waals surface area contributed by atoms with Crippen LogP contribution in [-0.2, 0) is 6.42 Å². The van der Waals surface area contributed by atoms with Crippen molar-refractivity contribution in [3.05, 3.63) is 53.2 Å². The average molecular weight is 255 g/mol. The van der Waals surface area contributed by atoms with Gasteiger partial charge in [-0.25, -0.2) is 4.98 Å². The summed E-state index contributed by atoms with van der Waals surface area (Å²) < 4.78 is 0. The molecule has 4 heteroatoms. The van der Waals surface area contributed by atoms with Crippen LogP contribution in [0.5, 0.6) is 0 Å². The normalized spacial score (nSPS) is 10.2. The summed E-state index contributed by atoms with van der Waals surface area (Å²) in [6, 6.07) is 9.53. The zero-order chi connectivity index (χ0) is 13.8. The van der Waals surface area contributed by atoms with E-state index in [-0.39, 0.29) is 11.7 Å². The van der Waals surface area contributed by atoms with Crippen LogP contribution in [0.1, 0.15) is 28.4 Å². The molecule has 2 rings (SSSR count). The highest BCUT2D eigenvalue weighted by atomic mass is 16.1. The van der Waals surface area contributed by atoms with E-state index in [0.29, 0.717) is 5.56 Å². The molecule has 0 aliphatic heterocycles. The zero-order valence-electron chi connectivity index (χ0n) is 11.1. The lowest BCUT2D eigenvalue weighted by atomic mass is 10.1. The van der Waals surface area contributed by atoms with Gasteiger partial charge < -0.3 is 11.1 Å². The average Bonchev–Trinajstić information content (AvgIpc) is 2.39. The van der Waals surface area contributed by atoms with Gasteiger partial charge >= 0.3 is 0 Å². The van der Waals surface area contributed by atoms with Gasteiger partial charge in [0.25, 0.3) is 5.91 Å². The maximum atomic E-state index is 12.2. The zero-order valence-corrected chi connectivity index (χ0v) is 11.1. The van der Waals surface area contributed by atoms with E-state index in [4.69, 9.17) is 5.73 Å². The van der Waals surface area contributed by atoms with Crippen molar-refractivity contribution in [3.8, 4) is 0 Å². The number of carbonyl (C=O) groups is 1. The van der Waals surface area contributed by atoms with E-state index in [2.05, 4.69) is 17.2 Å². The van der Waals surface area contributed by atoms with E-state index >= 15 is 0 Å². The molecule has 0 saturated heterocycles. The quantitative estimate of drug-likeness (QED) is 0.886. The lowest BCUT2D eigenvalue weighted by Crippen LogP contribution is -2.16. The first-order chi connectivity index (χ1) is 9.11. The summed E-state index contributed by atoms with van der Waals surface area (Å²) in [6.45, 7) is 3.93. The topological polar surface area (TPSA) is 68.0 Å². The number of nitrogens with zero attached hydrogens (tertiary/aromatic N) is 1. The molecule has 1 aromatic carbocycles. The summed E-state index contributed by atoms with van der Waals surface area (Å²) in [7, 11) is 0. The third kappa shape index (κ3) is 2.91. The summed E-state index contributed by atoms with van der Waals surface area (Å²) in [4.78, 5) is 16.1. The molecule has 0 saturated carbocycles. The van der Waals surface area contributed by atoms with E-state index in [0.717, 1.165) is 17.7 Å². The number of aromatic nitrogens is 1. The smallest absolute Gasteiger partial charge is 0.259 e. The van der Waals surface area contributed by atoms with Gasteiger partial charge in [-0.2, -0.15) is 0 Å². The Balaban J connectivity index is 2.21. The molecule has 19 heavy (non-hydrogen) atoms. The molecule has 0 aliphatic rings. The maximum absolute atomic E-state index is 12.2. The van der Waals surface area contributed by atoms with Crippen LogP contribution in [0.3, 0.4) is 0 Å².